The molecule has 1 saturated carbocycles. The van der Waals surface area contributed by atoms with Crippen LogP contribution in [-0.4, -0.2) is 24.9 Å². The van der Waals surface area contributed by atoms with Crippen molar-refractivity contribution >= 4 is 0 Å². The van der Waals surface area contributed by atoms with Crippen molar-refractivity contribution in [1.29, 1.82) is 0 Å². The molecule has 2 saturated heterocycles. The molecule has 13 heavy (non-hydrogen) atoms. The summed E-state index contributed by atoms with van der Waals surface area (Å²) < 4.78 is 10.2. The molecular weight excluding hydrogens is 164 g/mol. The monoisotopic (exact) mass is 184 g/mol. The van der Waals surface area contributed by atoms with Crippen LogP contribution in [0, 0.1) is 5.92 Å². The summed E-state index contributed by atoms with van der Waals surface area (Å²) in [5.41, 5.74) is 0. The Morgan fingerprint density at radius 3 is 2.38 bits per heavy atom. The summed E-state index contributed by atoms with van der Waals surface area (Å²) in [6.07, 6.45) is 7.23. The molecule has 0 radical (unpaired) electrons. The molecule has 3 rings (SSSR count). The van der Waals surface area contributed by atoms with Crippen molar-refractivity contribution in [2.45, 2.75) is 57.8 Å². The Hall–Kier alpha value is -0.0800. The lowest BCUT2D eigenvalue weighted by molar-refractivity contribution is 0.367. The van der Waals surface area contributed by atoms with Gasteiger partial charge < -0.3 is 9.47 Å². The van der Waals surface area contributed by atoms with Gasteiger partial charge in [0.1, 0.15) is 0 Å². The van der Waals surface area contributed by atoms with E-state index < -0.39 is 0 Å². The normalized spacial score (nSPS) is 45.7. The molecule has 1 aliphatic carbocycles. The minimum absolute atomic E-state index is 0.634. The van der Waals surface area contributed by atoms with Gasteiger partial charge in [0.2, 0.25) is 0 Å². The molecule has 0 spiro atoms. The van der Waals surface area contributed by atoms with E-state index in [1.54, 1.807) is 0 Å². The largest absolute Gasteiger partial charge is 0.373 e. The van der Waals surface area contributed by atoms with Crippen LogP contribution in [0.2, 0.25) is 0 Å². The Bertz CT molecular complexity index is 165. The van der Waals surface area contributed by atoms with E-state index in [-0.39, 0.29) is 0 Å². The SMILES string of the molecule is CC1CCC2OC2C1.CCC1CO1. The number of fused-ring (bicyclic) bond motifs is 1. The second-order valence-corrected chi connectivity index (χ2v) is 4.49. The molecule has 2 heteroatoms. The summed E-state index contributed by atoms with van der Waals surface area (Å²) >= 11 is 0. The van der Waals surface area contributed by atoms with Gasteiger partial charge in [-0.2, -0.15) is 0 Å². The van der Waals surface area contributed by atoms with Gasteiger partial charge in [0.15, 0.2) is 0 Å². The summed E-state index contributed by atoms with van der Waals surface area (Å²) in [6, 6.07) is 0. The highest BCUT2D eigenvalue weighted by molar-refractivity contribution is 4.90. The van der Waals surface area contributed by atoms with E-state index in [0.717, 1.165) is 12.5 Å². The molecule has 0 N–H and O–H groups in total. The van der Waals surface area contributed by atoms with E-state index in [4.69, 9.17) is 9.47 Å². The van der Waals surface area contributed by atoms with Crippen molar-refractivity contribution in [2.75, 3.05) is 6.61 Å². The zero-order chi connectivity index (χ0) is 9.26. The number of ether oxygens (including phenoxy) is 2. The van der Waals surface area contributed by atoms with E-state index in [1.807, 2.05) is 0 Å². The summed E-state index contributed by atoms with van der Waals surface area (Å²) in [4.78, 5) is 0. The molecule has 3 fully saturated rings. The Balaban J connectivity index is 0.000000113. The fourth-order valence-corrected chi connectivity index (χ4v) is 1.91. The van der Waals surface area contributed by atoms with Crippen LogP contribution in [0.5, 0.6) is 0 Å². The van der Waals surface area contributed by atoms with Crippen molar-refractivity contribution in [1.82, 2.24) is 0 Å². The third-order valence-corrected chi connectivity index (χ3v) is 3.12. The summed E-state index contributed by atoms with van der Waals surface area (Å²) in [5, 5.41) is 0. The van der Waals surface area contributed by atoms with E-state index in [9.17, 15) is 0 Å². The van der Waals surface area contributed by atoms with Crippen LogP contribution < -0.4 is 0 Å². The number of hydrogen-bond acceptors (Lipinski definition) is 2. The maximum atomic E-state index is 5.35. The molecule has 76 valence electrons. The quantitative estimate of drug-likeness (QED) is 0.584. The maximum Gasteiger partial charge on any atom is 0.0844 e. The van der Waals surface area contributed by atoms with Crippen LogP contribution in [0.1, 0.15) is 39.5 Å². The first-order valence-electron chi connectivity index (χ1n) is 5.56. The van der Waals surface area contributed by atoms with E-state index >= 15 is 0 Å². The van der Waals surface area contributed by atoms with Crippen molar-refractivity contribution in [2.24, 2.45) is 5.92 Å². The van der Waals surface area contributed by atoms with Gasteiger partial charge in [0, 0.05) is 0 Å². The molecule has 2 aliphatic heterocycles. The minimum Gasteiger partial charge on any atom is -0.373 e. The molecule has 0 aromatic carbocycles. The first kappa shape index (κ1) is 9.47. The molecule has 0 bridgehead atoms. The van der Waals surface area contributed by atoms with Gasteiger partial charge in [-0.15, -0.1) is 0 Å². The molecule has 0 aromatic heterocycles. The zero-order valence-corrected chi connectivity index (χ0v) is 8.66. The van der Waals surface area contributed by atoms with E-state index in [0.29, 0.717) is 18.3 Å². The fraction of sp³-hybridized carbons (Fsp3) is 1.00. The van der Waals surface area contributed by atoms with Crippen LogP contribution in [0.15, 0.2) is 0 Å². The van der Waals surface area contributed by atoms with Crippen LogP contribution in [0.3, 0.4) is 0 Å². The third-order valence-electron chi connectivity index (χ3n) is 3.12. The number of hydrogen-bond donors (Lipinski definition) is 0. The lowest BCUT2D eigenvalue weighted by Crippen LogP contribution is -2.09. The van der Waals surface area contributed by atoms with Gasteiger partial charge in [0.25, 0.3) is 0 Å². The highest BCUT2D eigenvalue weighted by atomic mass is 16.6. The van der Waals surface area contributed by atoms with Crippen molar-refractivity contribution < 1.29 is 9.47 Å². The van der Waals surface area contributed by atoms with Gasteiger partial charge in [0.05, 0.1) is 24.9 Å². The highest BCUT2D eigenvalue weighted by Gasteiger charge is 2.42. The first-order chi connectivity index (χ1) is 6.29. The smallest absolute Gasteiger partial charge is 0.0844 e. The molecular formula is C11H20O2. The van der Waals surface area contributed by atoms with Crippen LogP contribution in [-0.2, 0) is 9.47 Å². The molecule has 0 amide bonds. The lowest BCUT2D eigenvalue weighted by Gasteiger charge is -2.11. The second-order valence-electron chi connectivity index (χ2n) is 4.49. The topological polar surface area (TPSA) is 25.1 Å². The van der Waals surface area contributed by atoms with Crippen LogP contribution >= 0.6 is 0 Å². The first-order valence-corrected chi connectivity index (χ1v) is 5.56. The molecule has 3 aliphatic rings. The van der Waals surface area contributed by atoms with E-state index in [1.165, 1.54) is 25.7 Å². The van der Waals surface area contributed by atoms with Gasteiger partial charge >= 0.3 is 0 Å². The summed E-state index contributed by atoms with van der Waals surface area (Å²) in [5.74, 6) is 0.929. The van der Waals surface area contributed by atoms with Gasteiger partial charge in [-0.1, -0.05) is 13.8 Å². The third kappa shape index (κ3) is 2.96. The Labute approximate surface area is 80.6 Å². The van der Waals surface area contributed by atoms with Gasteiger partial charge in [-0.25, -0.2) is 0 Å². The molecule has 2 heterocycles. The van der Waals surface area contributed by atoms with Crippen molar-refractivity contribution in [3.63, 3.8) is 0 Å². The number of rotatable bonds is 1. The number of epoxide rings is 2. The Kier molecular flexibility index (Phi) is 2.89. The molecule has 2 nitrogen and oxygen atoms in total. The Morgan fingerprint density at radius 2 is 2.00 bits per heavy atom. The van der Waals surface area contributed by atoms with Gasteiger partial charge in [-0.3, -0.25) is 0 Å². The highest BCUT2D eigenvalue weighted by Crippen LogP contribution is 2.38. The molecule has 4 atom stereocenters. The minimum atomic E-state index is 0.634. The lowest BCUT2D eigenvalue weighted by atomic mass is 9.91. The van der Waals surface area contributed by atoms with Crippen LogP contribution in [0.4, 0.5) is 0 Å². The van der Waals surface area contributed by atoms with E-state index in [2.05, 4.69) is 13.8 Å². The standard InChI is InChI=1S/C7H12O.C4H8O/c1-5-2-3-6-7(4-5)8-6;1-2-4-3-5-4/h5-7H,2-4H2,1H3;4H,2-3H2,1H3. The molecule has 0 aromatic rings. The van der Waals surface area contributed by atoms with Crippen molar-refractivity contribution in [3.05, 3.63) is 0 Å². The van der Waals surface area contributed by atoms with Gasteiger partial charge in [-0.05, 0) is 31.6 Å². The predicted octanol–water partition coefficient (Wildman–Crippen LogP) is 2.37. The second kappa shape index (κ2) is 3.97. The Morgan fingerprint density at radius 1 is 1.23 bits per heavy atom. The average molecular weight is 184 g/mol. The zero-order valence-electron chi connectivity index (χ0n) is 8.66. The predicted molar refractivity (Wildman–Crippen MR) is 51.7 cm³/mol. The summed E-state index contributed by atoms with van der Waals surface area (Å²) in [6.45, 7) is 5.46. The van der Waals surface area contributed by atoms with Crippen LogP contribution in [0.25, 0.3) is 0 Å². The molecule has 4 unspecified atom stereocenters. The summed E-state index contributed by atoms with van der Waals surface area (Å²) in [7, 11) is 0. The fourth-order valence-electron chi connectivity index (χ4n) is 1.91. The average Bonchev–Trinajstić information content (AvgIpc) is 3.01. The van der Waals surface area contributed by atoms with Crippen molar-refractivity contribution in [3.8, 4) is 0 Å². The maximum absolute atomic E-state index is 5.35.